The molecule has 21 heavy (non-hydrogen) atoms. The van der Waals surface area contributed by atoms with Crippen molar-refractivity contribution >= 4 is 0 Å². The van der Waals surface area contributed by atoms with Crippen molar-refractivity contribution in [2.24, 2.45) is 0 Å². The van der Waals surface area contributed by atoms with Crippen LogP contribution in [0.4, 0.5) is 0 Å². The number of nitrogens with zero attached hydrogens (tertiary/aromatic N) is 1. The molecule has 1 N–H and O–H groups in total. The third-order valence-corrected chi connectivity index (χ3v) is 4.58. The van der Waals surface area contributed by atoms with Crippen LogP contribution in [0.3, 0.4) is 0 Å². The third kappa shape index (κ3) is 7.62. The second-order valence-corrected chi connectivity index (χ2v) is 6.76. The Balaban J connectivity index is 2.39. The van der Waals surface area contributed by atoms with Crippen molar-refractivity contribution in [2.45, 2.75) is 90.8 Å². The quantitative estimate of drug-likeness (QED) is 0.587. The summed E-state index contributed by atoms with van der Waals surface area (Å²) in [6, 6.07) is 1.17. The van der Waals surface area contributed by atoms with Crippen LogP contribution >= 0.6 is 0 Å². The Kier molecular flexibility index (Phi) is 10.3. The molecule has 0 spiro atoms. The molecule has 1 rings (SSSR count). The molecule has 0 aliphatic carbocycles. The zero-order valence-electron chi connectivity index (χ0n) is 14.9. The molecule has 0 radical (unpaired) electrons. The van der Waals surface area contributed by atoms with Crippen LogP contribution in [0.1, 0.15) is 72.6 Å². The van der Waals surface area contributed by atoms with Crippen molar-refractivity contribution in [3.63, 3.8) is 0 Å². The van der Waals surface area contributed by atoms with Gasteiger partial charge in [-0.3, -0.25) is 4.90 Å². The Morgan fingerprint density at radius 1 is 1.10 bits per heavy atom. The van der Waals surface area contributed by atoms with Gasteiger partial charge in [0.15, 0.2) is 0 Å². The molecule has 2 unspecified atom stereocenters. The highest BCUT2D eigenvalue weighted by Gasteiger charge is 2.28. The van der Waals surface area contributed by atoms with Crippen molar-refractivity contribution in [3.8, 4) is 0 Å². The molecule has 0 aromatic rings. The van der Waals surface area contributed by atoms with Crippen LogP contribution in [0.25, 0.3) is 0 Å². The zero-order valence-corrected chi connectivity index (χ0v) is 14.9. The Morgan fingerprint density at radius 3 is 2.52 bits per heavy atom. The molecule has 0 bridgehead atoms. The summed E-state index contributed by atoms with van der Waals surface area (Å²) in [7, 11) is 0. The smallest absolute Gasteiger partial charge is 0.0855 e. The van der Waals surface area contributed by atoms with Gasteiger partial charge in [-0.25, -0.2) is 0 Å². The van der Waals surface area contributed by atoms with E-state index in [-0.39, 0.29) is 0 Å². The Morgan fingerprint density at radius 2 is 1.86 bits per heavy atom. The van der Waals surface area contributed by atoms with E-state index in [0.29, 0.717) is 18.2 Å². The number of ether oxygens (including phenoxy) is 1. The first-order valence-electron chi connectivity index (χ1n) is 9.28. The molecule has 1 heterocycles. The predicted octanol–water partition coefficient (Wildman–Crippen LogP) is 3.82. The largest absolute Gasteiger partial charge is 0.374 e. The highest BCUT2D eigenvalue weighted by molar-refractivity contribution is 4.84. The zero-order chi connectivity index (χ0) is 15.5. The maximum Gasteiger partial charge on any atom is 0.0855 e. The van der Waals surface area contributed by atoms with Crippen molar-refractivity contribution in [3.05, 3.63) is 0 Å². The molecule has 1 aliphatic rings. The van der Waals surface area contributed by atoms with Gasteiger partial charge in [0.25, 0.3) is 0 Å². The predicted molar refractivity (Wildman–Crippen MR) is 91.9 cm³/mol. The van der Waals surface area contributed by atoms with E-state index in [1.807, 2.05) is 0 Å². The lowest BCUT2D eigenvalue weighted by molar-refractivity contribution is -0.0567. The molecule has 2 atom stereocenters. The summed E-state index contributed by atoms with van der Waals surface area (Å²) in [5.74, 6) is 0. The fourth-order valence-corrected chi connectivity index (χ4v) is 3.13. The van der Waals surface area contributed by atoms with E-state index < -0.39 is 0 Å². The number of unbranched alkanes of at least 4 members (excludes halogenated alkanes) is 4. The van der Waals surface area contributed by atoms with Gasteiger partial charge in [-0.1, -0.05) is 46.0 Å². The molecular formula is C18H38N2O. The Hall–Kier alpha value is -0.120. The van der Waals surface area contributed by atoms with E-state index in [0.717, 1.165) is 26.2 Å². The Bertz CT molecular complexity index is 245. The fourth-order valence-electron chi connectivity index (χ4n) is 3.13. The van der Waals surface area contributed by atoms with Gasteiger partial charge < -0.3 is 10.1 Å². The number of morpholine rings is 1. The van der Waals surface area contributed by atoms with E-state index in [1.165, 1.54) is 44.9 Å². The van der Waals surface area contributed by atoms with Gasteiger partial charge in [0, 0.05) is 25.2 Å². The molecule has 3 nitrogen and oxygen atoms in total. The van der Waals surface area contributed by atoms with Crippen LogP contribution in [-0.4, -0.2) is 49.3 Å². The van der Waals surface area contributed by atoms with Crippen LogP contribution in [0.5, 0.6) is 0 Å². The number of rotatable bonds is 11. The van der Waals surface area contributed by atoms with Gasteiger partial charge in [-0.15, -0.1) is 0 Å². The SMILES string of the molecule is CCCCCCCC(NCCC)C1CN(C(C)C)CCO1. The van der Waals surface area contributed by atoms with Crippen molar-refractivity contribution in [1.29, 1.82) is 0 Å². The van der Waals surface area contributed by atoms with E-state index in [9.17, 15) is 0 Å². The summed E-state index contributed by atoms with van der Waals surface area (Å²) in [5, 5.41) is 3.74. The maximum atomic E-state index is 6.09. The number of hydrogen-bond donors (Lipinski definition) is 1. The highest BCUT2D eigenvalue weighted by Crippen LogP contribution is 2.17. The van der Waals surface area contributed by atoms with E-state index >= 15 is 0 Å². The van der Waals surface area contributed by atoms with Gasteiger partial charge in [0.1, 0.15) is 0 Å². The van der Waals surface area contributed by atoms with Gasteiger partial charge >= 0.3 is 0 Å². The number of hydrogen-bond acceptors (Lipinski definition) is 3. The van der Waals surface area contributed by atoms with E-state index in [2.05, 4.69) is 37.9 Å². The molecule has 0 amide bonds. The Labute approximate surface area is 132 Å². The molecule has 0 saturated carbocycles. The molecule has 1 saturated heterocycles. The third-order valence-electron chi connectivity index (χ3n) is 4.58. The van der Waals surface area contributed by atoms with Crippen LogP contribution in [0, 0.1) is 0 Å². The summed E-state index contributed by atoms with van der Waals surface area (Å²) in [6.45, 7) is 13.3. The molecule has 3 heteroatoms. The van der Waals surface area contributed by atoms with Gasteiger partial charge in [-0.2, -0.15) is 0 Å². The summed E-state index contributed by atoms with van der Waals surface area (Å²) >= 11 is 0. The van der Waals surface area contributed by atoms with E-state index in [4.69, 9.17) is 4.74 Å². The topological polar surface area (TPSA) is 24.5 Å². The normalized spacial score (nSPS) is 21.9. The fraction of sp³-hybridized carbons (Fsp3) is 1.00. The molecular weight excluding hydrogens is 260 g/mol. The minimum atomic E-state index is 0.374. The first-order chi connectivity index (χ1) is 10.2. The molecule has 0 aromatic heterocycles. The maximum absolute atomic E-state index is 6.09. The van der Waals surface area contributed by atoms with Crippen molar-refractivity contribution in [2.75, 3.05) is 26.2 Å². The first kappa shape index (κ1) is 18.9. The summed E-state index contributed by atoms with van der Waals surface area (Å²) in [4.78, 5) is 2.56. The van der Waals surface area contributed by atoms with Crippen LogP contribution in [-0.2, 0) is 4.74 Å². The minimum Gasteiger partial charge on any atom is -0.374 e. The monoisotopic (exact) mass is 298 g/mol. The minimum absolute atomic E-state index is 0.374. The lowest BCUT2D eigenvalue weighted by atomic mass is 10.00. The van der Waals surface area contributed by atoms with Crippen LogP contribution in [0.15, 0.2) is 0 Å². The second kappa shape index (κ2) is 11.4. The van der Waals surface area contributed by atoms with Gasteiger partial charge in [0.2, 0.25) is 0 Å². The lowest BCUT2D eigenvalue weighted by Gasteiger charge is -2.39. The van der Waals surface area contributed by atoms with Crippen LogP contribution in [0.2, 0.25) is 0 Å². The van der Waals surface area contributed by atoms with Crippen molar-refractivity contribution < 1.29 is 4.74 Å². The summed E-state index contributed by atoms with van der Waals surface area (Å²) in [6.07, 6.45) is 9.65. The molecule has 1 fully saturated rings. The number of nitrogens with one attached hydrogen (secondary N) is 1. The first-order valence-corrected chi connectivity index (χ1v) is 9.28. The average Bonchev–Trinajstić information content (AvgIpc) is 2.50. The van der Waals surface area contributed by atoms with Crippen molar-refractivity contribution in [1.82, 2.24) is 10.2 Å². The average molecular weight is 299 g/mol. The molecule has 0 aromatic carbocycles. The lowest BCUT2D eigenvalue weighted by Crippen LogP contribution is -2.53. The molecule has 1 aliphatic heterocycles. The van der Waals surface area contributed by atoms with Gasteiger partial charge in [-0.05, 0) is 33.2 Å². The molecule has 126 valence electrons. The van der Waals surface area contributed by atoms with E-state index in [1.54, 1.807) is 0 Å². The highest BCUT2D eigenvalue weighted by atomic mass is 16.5. The van der Waals surface area contributed by atoms with Gasteiger partial charge in [0.05, 0.1) is 12.7 Å². The second-order valence-electron chi connectivity index (χ2n) is 6.76. The van der Waals surface area contributed by atoms with Crippen LogP contribution < -0.4 is 5.32 Å². The standard InChI is InChI=1S/C18H38N2O/c1-5-7-8-9-10-11-17(19-12-6-2)18-15-20(16(3)4)13-14-21-18/h16-19H,5-15H2,1-4H3. The summed E-state index contributed by atoms with van der Waals surface area (Å²) in [5.41, 5.74) is 0. The summed E-state index contributed by atoms with van der Waals surface area (Å²) < 4.78 is 6.09.